The molecule has 12 nitrogen and oxygen atoms in total. The van der Waals surface area contributed by atoms with Gasteiger partial charge in [-0.1, -0.05) is 0 Å². The van der Waals surface area contributed by atoms with Crippen LogP contribution in [-0.4, -0.2) is 71.0 Å². The smallest absolute Gasteiger partial charge is 0.333 e. The highest BCUT2D eigenvalue weighted by atomic mass is 32.2. The second-order valence-corrected chi connectivity index (χ2v) is 9.41. The van der Waals surface area contributed by atoms with Crippen molar-refractivity contribution in [2.75, 3.05) is 25.1 Å². The zero-order chi connectivity index (χ0) is 22.7. The summed E-state index contributed by atoms with van der Waals surface area (Å²) in [7, 11) is -4.08. The largest absolute Gasteiger partial charge is 0.393 e. The predicted molar refractivity (Wildman–Crippen MR) is 112 cm³/mol. The van der Waals surface area contributed by atoms with Crippen molar-refractivity contribution in [3.63, 3.8) is 0 Å². The lowest BCUT2D eigenvalue weighted by Crippen LogP contribution is -2.24. The Hall–Kier alpha value is -2.45. The predicted octanol–water partition coefficient (Wildman–Crippen LogP) is -0.288. The molecule has 0 spiro atoms. The van der Waals surface area contributed by atoms with Gasteiger partial charge in [-0.2, -0.15) is 13.5 Å². The Morgan fingerprint density at radius 2 is 2.25 bits per heavy atom. The van der Waals surface area contributed by atoms with E-state index in [0.717, 1.165) is 13.0 Å². The van der Waals surface area contributed by atoms with Crippen molar-refractivity contribution in [1.82, 2.24) is 19.7 Å². The molecule has 1 saturated carbocycles. The average Bonchev–Trinajstić information content (AvgIpc) is 3.48. The van der Waals surface area contributed by atoms with Crippen molar-refractivity contribution < 1.29 is 27.2 Å². The van der Waals surface area contributed by atoms with Crippen LogP contribution in [0.3, 0.4) is 0 Å². The van der Waals surface area contributed by atoms with Crippen LogP contribution in [0.4, 0.5) is 5.82 Å². The molecule has 0 amide bonds. The molecule has 4 atom stereocenters. The molecule has 0 unspecified atom stereocenters. The maximum Gasteiger partial charge on any atom is 0.333 e. The van der Waals surface area contributed by atoms with Gasteiger partial charge in [0, 0.05) is 43.4 Å². The highest BCUT2D eigenvalue weighted by molar-refractivity contribution is 7.84. The molecule has 2 aromatic rings. The summed E-state index contributed by atoms with van der Waals surface area (Å²) in [5, 5.41) is 22.7. The van der Waals surface area contributed by atoms with E-state index in [1.54, 1.807) is 16.9 Å². The first-order valence-electron chi connectivity index (χ1n) is 10.4. The molecule has 32 heavy (non-hydrogen) atoms. The lowest BCUT2D eigenvalue weighted by molar-refractivity contribution is 0.101. The van der Waals surface area contributed by atoms with Gasteiger partial charge in [0.05, 0.1) is 24.9 Å². The Labute approximate surface area is 185 Å². The van der Waals surface area contributed by atoms with Crippen molar-refractivity contribution in [3.05, 3.63) is 36.0 Å². The topological polar surface area (TPSA) is 172 Å². The molecule has 1 aliphatic heterocycles. The minimum Gasteiger partial charge on any atom is -0.393 e. The summed E-state index contributed by atoms with van der Waals surface area (Å²) in [5.41, 5.74) is 0.549. The Bertz CT molecular complexity index is 1050. The van der Waals surface area contributed by atoms with Crippen LogP contribution in [0.2, 0.25) is 0 Å². The second kappa shape index (κ2) is 9.58. The van der Waals surface area contributed by atoms with E-state index in [-0.39, 0.29) is 29.7 Å². The normalized spacial score (nSPS) is 25.8. The van der Waals surface area contributed by atoms with E-state index in [1.165, 1.54) is 12.5 Å². The van der Waals surface area contributed by atoms with Crippen molar-refractivity contribution in [2.24, 2.45) is 17.0 Å². The fraction of sp³-hybridized carbons (Fsp3) is 0.579. The van der Waals surface area contributed by atoms with E-state index in [1.807, 2.05) is 0 Å². The van der Waals surface area contributed by atoms with E-state index < -0.39 is 22.3 Å². The standard InChI is InChI=1S/C19H26N6O6S/c20-32(28,29)31-10-13-5-14(6-17(13)26)23-19-15(7-21-11-22-19)18(27)16-1-3-25(24-16)8-12-2-4-30-9-12/h1,3,7,11-14,17,26H,2,4-6,8-10H2,(H2,20,28,29)(H,21,22,23)/t12-,13-,14-,17+/m1/s1. The maximum atomic E-state index is 13.1. The molecule has 13 heteroatoms. The molecule has 4 rings (SSSR count). The number of hydrogen-bond donors (Lipinski definition) is 3. The first kappa shape index (κ1) is 22.7. The summed E-state index contributed by atoms with van der Waals surface area (Å²) in [4.78, 5) is 21.2. The number of ketones is 1. The van der Waals surface area contributed by atoms with E-state index in [4.69, 9.17) is 9.88 Å². The van der Waals surface area contributed by atoms with Crippen molar-refractivity contribution in [3.8, 4) is 0 Å². The van der Waals surface area contributed by atoms with Crippen LogP contribution in [0.25, 0.3) is 0 Å². The molecule has 0 radical (unpaired) electrons. The Morgan fingerprint density at radius 3 is 3.00 bits per heavy atom. The molecule has 1 aliphatic carbocycles. The average molecular weight is 467 g/mol. The Balaban J connectivity index is 1.42. The number of hydrogen-bond acceptors (Lipinski definition) is 10. The van der Waals surface area contributed by atoms with Crippen molar-refractivity contribution >= 4 is 21.9 Å². The van der Waals surface area contributed by atoms with Crippen LogP contribution < -0.4 is 10.5 Å². The van der Waals surface area contributed by atoms with Gasteiger partial charge in [-0.3, -0.25) is 13.7 Å². The molecular formula is C19H26N6O6S. The summed E-state index contributed by atoms with van der Waals surface area (Å²) in [6, 6.07) is 1.43. The van der Waals surface area contributed by atoms with E-state index in [0.29, 0.717) is 37.7 Å². The fourth-order valence-corrected chi connectivity index (χ4v) is 4.46. The first-order valence-corrected chi connectivity index (χ1v) is 11.8. The summed E-state index contributed by atoms with van der Waals surface area (Å²) in [6.45, 7) is 1.92. The third kappa shape index (κ3) is 5.66. The third-order valence-corrected chi connectivity index (χ3v) is 6.21. The number of carbonyl (C=O) groups excluding carboxylic acids is 1. The van der Waals surface area contributed by atoms with E-state index in [9.17, 15) is 18.3 Å². The van der Waals surface area contributed by atoms with Gasteiger partial charge in [0.1, 0.15) is 17.8 Å². The molecule has 1 saturated heterocycles. The number of nitrogens with zero attached hydrogens (tertiary/aromatic N) is 4. The number of rotatable bonds is 9. The van der Waals surface area contributed by atoms with Gasteiger partial charge < -0.3 is 15.2 Å². The van der Waals surface area contributed by atoms with Gasteiger partial charge >= 0.3 is 10.3 Å². The van der Waals surface area contributed by atoms with E-state index >= 15 is 0 Å². The van der Waals surface area contributed by atoms with Crippen LogP contribution in [0.15, 0.2) is 24.8 Å². The van der Waals surface area contributed by atoms with Gasteiger partial charge in [-0.15, -0.1) is 0 Å². The highest BCUT2D eigenvalue weighted by Gasteiger charge is 2.35. The molecule has 4 N–H and O–H groups in total. The maximum absolute atomic E-state index is 13.1. The molecule has 174 valence electrons. The zero-order valence-corrected chi connectivity index (χ0v) is 18.1. The Kier molecular flexibility index (Phi) is 6.81. The number of aliphatic hydroxyl groups is 1. The molecular weight excluding hydrogens is 440 g/mol. The number of aromatic nitrogens is 4. The van der Waals surface area contributed by atoms with Crippen LogP contribution in [0.5, 0.6) is 0 Å². The molecule has 0 bridgehead atoms. The van der Waals surface area contributed by atoms with Gasteiger partial charge in [-0.05, 0) is 25.3 Å². The Morgan fingerprint density at radius 1 is 1.41 bits per heavy atom. The monoisotopic (exact) mass is 466 g/mol. The lowest BCUT2D eigenvalue weighted by Gasteiger charge is -2.15. The van der Waals surface area contributed by atoms with Crippen LogP contribution in [0, 0.1) is 11.8 Å². The van der Waals surface area contributed by atoms with Gasteiger partial charge in [0.25, 0.3) is 0 Å². The number of ether oxygens (including phenoxy) is 1. The molecule has 0 aromatic carbocycles. The highest BCUT2D eigenvalue weighted by Crippen LogP contribution is 2.30. The van der Waals surface area contributed by atoms with Gasteiger partial charge in [-0.25, -0.2) is 15.1 Å². The zero-order valence-electron chi connectivity index (χ0n) is 17.3. The summed E-state index contributed by atoms with van der Waals surface area (Å²) in [6.07, 6.45) is 5.48. The van der Waals surface area contributed by atoms with Gasteiger partial charge in [0.15, 0.2) is 0 Å². The first-order chi connectivity index (χ1) is 15.3. The molecule has 3 heterocycles. The number of aliphatic hydroxyl groups excluding tert-OH is 1. The van der Waals surface area contributed by atoms with Crippen LogP contribution >= 0.6 is 0 Å². The molecule has 2 aliphatic rings. The van der Waals surface area contributed by atoms with Crippen molar-refractivity contribution in [1.29, 1.82) is 0 Å². The fourth-order valence-electron chi connectivity index (χ4n) is 4.10. The molecule has 2 aromatic heterocycles. The SMILES string of the molecule is NS(=O)(=O)OC[C@H]1C[C@@H](Nc2ncncc2C(=O)c2ccn(C[C@H]3CCOC3)n2)C[C@@H]1O. The second-order valence-electron chi connectivity index (χ2n) is 8.18. The number of nitrogens with one attached hydrogen (secondary N) is 1. The summed E-state index contributed by atoms with van der Waals surface area (Å²) in [5.74, 6) is -0.0201. The minimum atomic E-state index is -4.08. The quantitative estimate of drug-likeness (QED) is 0.417. The minimum absolute atomic E-state index is 0.211. The van der Waals surface area contributed by atoms with E-state index in [2.05, 4.69) is 24.6 Å². The number of carbonyl (C=O) groups is 1. The van der Waals surface area contributed by atoms with Gasteiger partial charge in [0.2, 0.25) is 5.78 Å². The number of nitrogens with two attached hydrogens (primary N) is 1. The number of anilines is 1. The lowest BCUT2D eigenvalue weighted by atomic mass is 10.1. The molecule has 2 fully saturated rings. The van der Waals surface area contributed by atoms with Crippen molar-refractivity contribution in [2.45, 2.75) is 38.0 Å². The van der Waals surface area contributed by atoms with Crippen LogP contribution in [-0.2, 0) is 25.8 Å². The van der Waals surface area contributed by atoms with Crippen LogP contribution in [0.1, 0.15) is 35.3 Å². The summed E-state index contributed by atoms with van der Waals surface area (Å²) >= 11 is 0. The third-order valence-electron chi connectivity index (χ3n) is 5.74. The summed E-state index contributed by atoms with van der Waals surface area (Å²) < 4.78 is 33.8.